The van der Waals surface area contributed by atoms with Gasteiger partial charge in [-0.25, -0.2) is 0 Å². The summed E-state index contributed by atoms with van der Waals surface area (Å²) in [6.45, 7) is 2.94. The van der Waals surface area contributed by atoms with Gasteiger partial charge in [-0.15, -0.1) is 0 Å². The zero-order valence-corrected chi connectivity index (χ0v) is 9.83. The van der Waals surface area contributed by atoms with Gasteiger partial charge in [0.2, 0.25) is 5.91 Å². The zero-order chi connectivity index (χ0) is 11.4. The van der Waals surface area contributed by atoms with Gasteiger partial charge < -0.3 is 10.2 Å². The molecule has 3 nitrogen and oxygen atoms in total. The molecule has 2 rings (SSSR count). The molecule has 1 N–H and O–H groups in total. The SMILES string of the molecule is O=C1CNCCN1CCc1cccc(Cl)c1. The lowest BCUT2D eigenvalue weighted by atomic mass is 10.1. The lowest BCUT2D eigenvalue weighted by Gasteiger charge is -2.27. The Morgan fingerprint density at radius 2 is 2.31 bits per heavy atom. The number of carbonyl (C=O) groups is 1. The van der Waals surface area contributed by atoms with Crippen LogP contribution in [0.2, 0.25) is 5.02 Å². The molecule has 1 aliphatic rings. The third-order valence-corrected chi connectivity index (χ3v) is 2.98. The lowest BCUT2D eigenvalue weighted by Crippen LogP contribution is -2.48. The molecule has 1 aliphatic heterocycles. The summed E-state index contributed by atoms with van der Waals surface area (Å²) < 4.78 is 0. The molecule has 0 saturated carbocycles. The van der Waals surface area contributed by atoms with E-state index in [0.717, 1.165) is 31.1 Å². The number of benzene rings is 1. The van der Waals surface area contributed by atoms with Gasteiger partial charge in [-0.1, -0.05) is 23.7 Å². The summed E-state index contributed by atoms with van der Waals surface area (Å²) in [5, 5.41) is 3.81. The third kappa shape index (κ3) is 2.97. The predicted octanol–water partition coefficient (Wildman–Crippen LogP) is 1.31. The van der Waals surface area contributed by atoms with Crippen LogP contribution in [-0.4, -0.2) is 37.0 Å². The number of carbonyl (C=O) groups excluding carboxylic acids is 1. The zero-order valence-electron chi connectivity index (χ0n) is 9.08. The molecule has 1 aromatic carbocycles. The summed E-state index contributed by atoms with van der Waals surface area (Å²) >= 11 is 5.90. The van der Waals surface area contributed by atoms with Gasteiger partial charge in [-0.3, -0.25) is 4.79 Å². The maximum Gasteiger partial charge on any atom is 0.236 e. The van der Waals surface area contributed by atoms with Crippen molar-refractivity contribution in [1.29, 1.82) is 0 Å². The molecule has 86 valence electrons. The van der Waals surface area contributed by atoms with Gasteiger partial charge in [0.05, 0.1) is 6.54 Å². The van der Waals surface area contributed by atoms with E-state index >= 15 is 0 Å². The number of hydrogen-bond donors (Lipinski definition) is 1. The normalized spacial score (nSPS) is 16.6. The number of amides is 1. The van der Waals surface area contributed by atoms with Crippen molar-refractivity contribution >= 4 is 17.5 Å². The fraction of sp³-hybridized carbons (Fsp3) is 0.417. The highest BCUT2D eigenvalue weighted by molar-refractivity contribution is 6.30. The Balaban J connectivity index is 1.89. The molecule has 0 unspecified atom stereocenters. The summed E-state index contributed by atoms with van der Waals surface area (Å²) in [7, 11) is 0. The fourth-order valence-corrected chi connectivity index (χ4v) is 2.05. The number of nitrogens with zero attached hydrogens (tertiary/aromatic N) is 1. The van der Waals surface area contributed by atoms with E-state index in [2.05, 4.69) is 5.32 Å². The van der Waals surface area contributed by atoms with E-state index in [4.69, 9.17) is 11.6 Å². The first-order chi connectivity index (χ1) is 7.75. The average Bonchev–Trinajstić information content (AvgIpc) is 2.28. The molecule has 0 spiro atoms. The molecule has 0 aliphatic carbocycles. The molecular formula is C12H15ClN2O. The van der Waals surface area contributed by atoms with Gasteiger partial charge >= 0.3 is 0 Å². The molecule has 0 aromatic heterocycles. The number of piperazine rings is 1. The first-order valence-corrected chi connectivity index (χ1v) is 5.86. The van der Waals surface area contributed by atoms with E-state index in [9.17, 15) is 4.79 Å². The van der Waals surface area contributed by atoms with Crippen LogP contribution in [0.5, 0.6) is 0 Å². The van der Waals surface area contributed by atoms with Crippen molar-refractivity contribution in [3.63, 3.8) is 0 Å². The molecule has 0 atom stereocenters. The Labute approximate surface area is 100 Å². The van der Waals surface area contributed by atoms with Crippen molar-refractivity contribution in [2.45, 2.75) is 6.42 Å². The van der Waals surface area contributed by atoms with Crippen molar-refractivity contribution in [1.82, 2.24) is 10.2 Å². The molecule has 0 bridgehead atoms. The van der Waals surface area contributed by atoms with Gasteiger partial charge in [-0.2, -0.15) is 0 Å². The smallest absolute Gasteiger partial charge is 0.236 e. The predicted molar refractivity (Wildman–Crippen MR) is 64.6 cm³/mol. The molecule has 0 radical (unpaired) electrons. The first kappa shape index (κ1) is 11.4. The minimum absolute atomic E-state index is 0.188. The lowest BCUT2D eigenvalue weighted by molar-refractivity contribution is -0.131. The molecule has 1 aromatic rings. The van der Waals surface area contributed by atoms with Gasteiger partial charge in [0, 0.05) is 24.7 Å². The largest absolute Gasteiger partial charge is 0.340 e. The van der Waals surface area contributed by atoms with E-state index in [1.165, 1.54) is 5.56 Å². The molecule has 4 heteroatoms. The van der Waals surface area contributed by atoms with E-state index in [1.807, 2.05) is 29.2 Å². The number of rotatable bonds is 3. The number of hydrogen-bond acceptors (Lipinski definition) is 2. The minimum Gasteiger partial charge on any atom is -0.340 e. The minimum atomic E-state index is 0.188. The number of nitrogens with one attached hydrogen (secondary N) is 1. The van der Waals surface area contributed by atoms with Crippen LogP contribution in [-0.2, 0) is 11.2 Å². The van der Waals surface area contributed by atoms with Crippen LogP contribution in [0.4, 0.5) is 0 Å². The highest BCUT2D eigenvalue weighted by atomic mass is 35.5. The quantitative estimate of drug-likeness (QED) is 0.862. The van der Waals surface area contributed by atoms with Crippen molar-refractivity contribution in [3.05, 3.63) is 34.9 Å². The van der Waals surface area contributed by atoms with E-state index in [1.54, 1.807) is 0 Å². The Hall–Kier alpha value is -1.06. The molecule has 1 fully saturated rings. The second kappa shape index (κ2) is 5.32. The monoisotopic (exact) mass is 238 g/mol. The van der Waals surface area contributed by atoms with Crippen LogP contribution in [0.25, 0.3) is 0 Å². The Kier molecular flexibility index (Phi) is 3.80. The van der Waals surface area contributed by atoms with Crippen LogP contribution in [0, 0.1) is 0 Å². The van der Waals surface area contributed by atoms with Crippen LogP contribution >= 0.6 is 11.6 Å². The van der Waals surface area contributed by atoms with Gasteiger partial charge in [0.1, 0.15) is 0 Å². The Morgan fingerprint density at radius 1 is 1.44 bits per heavy atom. The maximum absolute atomic E-state index is 11.5. The molecule has 1 heterocycles. The second-order valence-electron chi connectivity index (χ2n) is 3.94. The maximum atomic E-state index is 11.5. The highest BCUT2D eigenvalue weighted by Gasteiger charge is 2.16. The highest BCUT2D eigenvalue weighted by Crippen LogP contribution is 2.11. The third-order valence-electron chi connectivity index (χ3n) is 2.75. The van der Waals surface area contributed by atoms with Crippen LogP contribution in [0.1, 0.15) is 5.56 Å². The Bertz CT molecular complexity index is 381. The summed E-state index contributed by atoms with van der Waals surface area (Å²) in [5.41, 5.74) is 1.18. The van der Waals surface area contributed by atoms with E-state index < -0.39 is 0 Å². The number of halogens is 1. The van der Waals surface area contributed by atoms with Crippen molar-refractivity contribution < 1.29 is 4.79 Å². The fourth-order valence-electron chi connectivity index (χ4n) is 1.84. The molecule has 1 amide bonds. The topological polar surface area (TPSA) is 32.3 Å². The van der Waals surface area contributed by atoms with Gasteiger partial charge in [0.25, 0.3) is 0 Å². The van der Waals surface area contributed by atoms with E-state index in [-0.39, 0.29) is 5.91 Å². The van der Waals surface area contributed by atoms with Crippen molar-refractivity contribution in [3.8, 4) is 0 Å². The molecule has 1 saturated heterocycles. The first-order valence-electron chi connectivity index (χ1n) is 5.48. The molecular weight excluding hydrogens is 224 g/mol. The summed E-state index contributed by atoms with van der Waals surface area (Å²) in [5.74, 6) is 0.188. The second-order valence-corrected chi connectivity index (χ2v) is 4.37. The van der Waals surface area contributed by atoms with Crippen LogP contribution < -0.4 is 5.32 Å². The standard InChI is InChI=1S/C12H15ClN2O/c13-11-3-1-2-10(8-11)4-6-15-7-5-14-9-12(15)16/h1-3,8,14H,4-7,9H2. The van der Waals surface area contributed by atoms with Crippen molar-refractivity contribution in [2.24, 2.45) is 0 Å². The van der Waals surface area contributed by atoms with Crippen LogP contribution in [0.3, 0.4) is 0 Å². The average molecular weight is 239 g/mol. The summed E-state index contributed by atoms with van der Waals surface area (Å²) in [4.78, 5) is 13.4. The Morgan fingerprint density at radius 3 is 3.06 bits per heavy atom. The molecule has 16 heavy (non-hydrogen) atoms. The van der Waals surface area contributed by atoms with Gasteiger partial charge in [0.15, 0.2) is 0 Å². The van der Waals surface area contributed by atoms with E-state index in [0.29, 0.717) is 6.54 Å². The summed E-state index contributed by atoms with van der Waals surface area (Å²) in [6.07, 6.45) is 0.867. The van der Waals surface area contributed by atoms with Crippen molar-refractivity contribution in [2.75, 3.05) is 26.2 Å². The van der Waals surface area contributed by atoms with Gasteiger partial charge in [-0.05, 0) is 24.1 Å². The van der Waals surface area contributed by atoms with Crippen LogP contribution in [0.15, 0.2) is 24.3 Å². The summed E-state index contributed by atoms with van der Waals surface area (Å²) in [6, 6.07) is 7.80.